The molecular formula is C13H27N3. The highest BCUT2D eigenvalue weighted by Crippen LogP contribution is 2.26. The van der Waals surface area contributed by atoms with Crippen LogP contribution < -0.4 is 5.73 Å². The molecule has 94 valence electrons. The fraction of sp³-hybridized carbons (Fsp3) is 1.00. The van der Waals surface area contributed by atoms with Crippen LogP contribution in [0.3, 0.4) is 0 Å². The molecule has 0 atom stereocenters. The van der Waals surface area contributed by atoms with Gasteiger partial charge in [0.15, 0.2) is 0 Å². The summed E-state index contributed by atoms with van der Waals surface area (Å²) in [5, 5.41) is 0. The molecule has 1 aliphatic carbocycles. The van der Waals surface area contributed by atoms with Crippen LogP contribution in [0.25, 0.3) is 0 Å². The van der Waals surface area contributed by atoms with Crippen LogP contribution in [-0.2, 0) is 0 Å². The van der Waals surface area contributed by atoms with Gasteiger partial charge in [-0.05, 0) is 45.8 Å². The number of hydrogen-bond acceptors (Lipinski definition) is 3. The maximum absolute atomic E-state index is 5.60. The zero-order chi connectivity index (χ0) is 11.4. The molecule has 0 aromatic carbocycles. The third kappa shape index (κ3) is 2.96. The number of nitrogens with two attached hydrogens (primary N) is 1. The lowest BCUT2D eigenvalue weighted by Crippen LogP contribution is -2.47. The lowest BCUT2D eigenvalue weighted by atomic mass is 10.0. The van der Waals surface area contributed by atoms with Gasteiger partial charge in [0, 0.05) is 25.2 Å². The van der Waals surface area contributed by atoms with Crippen molar-refractivity contribution >= 4 is 0 Å². The van der Waals surface area contributed by atoms with E-state index in [1.807, 2.05) is 0 Å². The van der Waals surface area contributed by atoms with Crippen LogP contribution in [0, 0.1) is 0 Å². The molecule has 0 spiro atoms. The highest BCUT2D eigenvalue weighted by Gasteiger charge is 2.28. The molecule has 0 unspecified atom stereocenters. The highest BCUT2D eigenvalue weighted by atomic mass is 15.2. The van der Waals surface area contributed by atoms with Crippen molar-refractivity contribution in [1.82, 2.24) is 9.80 Å². The first-order valence-corrected chi connectivity index (χ1v) is 6.95. The first-order chi connectivity index (χ1) is 7.81. The number of nitrogens with zero attached hydrogens (tertiary/aromatic N) is 2. The van der Waals surface area contributed by atoms with Crippen molar-refractivity contribution in [1.29, 1.82) is 0 Å². The third-order valence-corrected chi connectivity index (χ3v) is 4.48. The van der Waals surface area contributed by atoms with Crippen LogP contribution in [0.15, 0.2) is 0 Å². The van der Waals surface area contributed by atoms with E-state index in [-0.39, 0.29) is 0 Å². The van der Waals surface area contributed by atoms with E-state index in [0.717, 1.165) is 25.2 Å². The molecule has 2 N–H and O–H groups in total. The second-order valence-electron chi connectivity index (χ2n) is 5.47. The number of hydrogen-bond donors (Lipinski definition) is 1. The van der Waals surface area contributed by atoms with E-state index in [2.05, 4.69) is 16.8 Å². The Bertz CT molecular complexity index is 193. The van der Waals surface area contributed by atoms with E-state index in [9.17, 15) is 0 Å². The van der Waals surface area contributed by atoms with Crippen LogP contribution in [0.1, 0.15) is 38.5 Å². The number of piperidine rings is 1. The van der Waals surface area contributed by atoms with Gasteiger partial charge in [0.2, 0.25) is 0 Å². The largest absolute Gasteiger partial charge is 0.329 e. The molecule has 1 saturated heterocycles. The van der Waals surface area contributed by atoms with Crippen molar-refractivity contribution in [3.05, 3.63) is 0 Å². The van der Waals surface area contributed by atoms with E-state index in [1.54, 1.807) is 0 Å². The molecule has 1 heterocycles. The Balaban J connectivity index is 1.74. The van der Waals surface area contributed by atoms with Gasteiger partial charge in [-0.15, -0.1) is 0 Å². The molecule has 3 heteroatoms. The average Bonchev–Trinajstić information content (AvgIpc) is 2.83. The number of rotatable bonds is 4. The van der Waals surface area contributed by atoms with Gasteiger partial charge >= 0.3 is 0 Å². The molecule has 2 fully saturated rings. The first-order valence-electron chi connectivity index (χ1n) is 6.95. The predicted molar refractivity (Wildman–Crippen MR) is 68.5 cm³/mol. The molecule has 0 amide bonds. The monoisotopic (exact) mass is 225 g/mol. The normalized spacial score (nSPS) is 25.7. The van der Waals surface area contributed by atoms with Gasteiger partial charge in [-0.1, -0.05) is 12.8 Å². The smallest absolute Gasteiger partial charge is 0.0119 e. The summed E-state index contributed by atoms with van der Waals surface area (Å²) in [6, 6.07) is 1.71. The minimum atomic E-state index is 0.809. The van der Waals surface area contributed by atoms with Gasteiger partial charge in [-0.2, -0.15) is 0 Å². The molecule has 1 aliphatic heterocycles. The average molecular weight is 225 g/mol. The van der Waals surface area contributed by atoms with Crippen molar-refractivity contribution in [3.63, 3.8) is 0 Å². The van der Waals surface area contributed by atoms with Crippen molar-refractivity contribution in [3.8, 4) is 0 Å². The molecule has 0 aromatic rings. The maximum Gasteiger partial charge on any atom is 0.0119 e. The van der Waals surface area contributed by atoms with Gasteiger partial charge in [-0.3, -0.25) is 0 Å². The third-order valence-electron chi connectivity index (χ3n) is 4.48. The fourth-order valence-electron chi connectivity index (χ4n) is 3.34. The quantitative estimate of drug-likeness (QED) is 0.782. The summed E-state index contributed by atoms with van der Waals surface area (Å²) in [5.41, 5.74) is 5.60. The Kier molecular flexibility index (Phi) is 4.62. The highest BCUT2D eigenvalue weighted by molar-refractivity contribution is 4.84. The van der Waals surface area contributed by atoms with Gasteiger partial charge in [0.1, 0.15) is 0 Å². The first kappa shape index (κ1) is 12.3. The Hall–Kier alpha value is -0.120. The standard InChI is InChI=1S/C13H27N3/c1-15(12-4-2-3-5-12)13-6-9-16(10-7-13)11-8-14/h12-13H,2-11,14H2,1H3. The maximum atomic E-state index is 5.60. The Morgan fingerprint density at radius 3 is 2.19 bits per heavy atom. The summed E-state index contributed by atoms with van der Waals surface area (Å²) in [6.45, 7) is 4.39. The molecule has 3 nitrogen and oxygen atoms in total. The minimum absolute atomic E-state index is 0.809. The van der Waals surface area contributed by atoms with E-state index < -0.39 is 0 Å². The lowest BCUT2D eigenvalue weighted by Gasteiger charge is -2.39. The van der Waals surface area contributed by atoms with Gasteiger partial charge < -0.3 is 15.5 Å². The number of likely N-dealkylation sites (tertiary alicyclic amines) is 1. The molecule has 0 bridgehead atoms. The summed E-state index contributed by atoms with van der Waals surface area (Å²) < 4.78 is 0. The van der Waals surface area contributed by atoms with E-state index in [0.29, 0.717) is 0 Å². The second kappa shape index (κ2) is 5.99. The van der Waals surface area contributed by atoms with Crippen LogP contribution in [0.2, 0.25) is 0 Å². The van der Waals surface area contributed by atoms with Crippen LogP contribution in [0.5, 0.6) is 0 Å². The van der Waals surface area contributed by atoms with Gasteiger partial charge in [-0.25, -0.2) is 0 Å². The summed E-state index contributed by atoms with van der Waals surface area (Å²) in [7, 11) is 2.35. The molecule has 2 aliphatic rings. The molecule has 0 aromatic heterocycles. The Morgan fingerprint density at radius 2 is 1.62 bits per heavy atom. The van der Waals surface area contributed by atoms with Crippen LogP contribution >= 0.6 is 0 Å². The fourth-order valence-corrected chi connectivity index (χ4v) is 3.34. The Labute approximate surface area is 100.0 Å². The topological polar surface area (TPSA) is 32.5 Å². The Morgan fingerprint density at radius 1 is 1.06 bits per heavy atom. The molecule has 2 rings (SSSR count). The van der Waals surface area contributed by atoms with Gasteiger partial charge in [0.05, 0.1) is 0 Å². The van der Waals surface area contributed by atoms with E-state index in [4.69, 9.17) is 5.73 Å². The molecular weight excluding hydrogens is 198 g/mol. The summed E-state index contributed by atoms with van der Waals surface area (Å²) in [4.78, 5) is 5.19. The molecule has 1 saturated carbocycles. The summed E-state index contributed by atoms with van der Waals surface area (Å²) >= 11 is 0. The van der Waals surface area contributed by atoms with Crippen LogP contribution in [0.4, 0.5) is 0 Å². The second-order valence-corrected chi connectivity index (χ2v) is 5.47. The van der Waals surface area contributed by atoms with Crippen LogP contribution in [-0.4, -0.2) is 55.1 Å². The zero-order valence-electron chi connectivity index (χ0n) is 10.7. The molecule has 0 radical (unpaired) electrons. The van der Waals surface area contributed by atoms with Gasteiger partial charge in [0.25, 0.3) is 0 Å². The minimum Gasteiger partial charge on any atom is -0.329 e. The summed E-state index contributed by atoms with van der Waals surface area (Å²) in [6.07, 6.45) is 8.43. The van der Waals surface area contributed by atoms with Crippen molar-refractivity contribution in [2.75, 3.05) is 33.2 Å². The van der Waals surface area contributed by atoms with Crippen molar-refractivity contribution < 1.29 is 0 Å². The predicted octanol–water partition coefficient (Wildman–Crippen LogP) is 1.28. The van der Waals surface area contributed by atoms with E-state index in [1.165, 1.54) is 51.6 Å². The lowest BCUT2D eigenvalue weighted by molar-refractivity contribution is 0.0992. The SMILES string of the molecule is CN(C1CCCC1)C1CCN(CCN)CC1. The van der Waals surface area contributed by atoms with E-state index >= 15 is 0 Å². The van der Waals surface area contributed by atoms with Crippen molar-refractivity contribution in [2.45, 2.75) is 50.6 Å². The van der Waals surface area contributed by atoms with Crippen molar-refractivity contribution in [2.24, 2.45) is 5.73 Å². The zero-order valence-corrected chi connectivity index (χ0v) is 10.7. The summed E-state index contributed by atoms with van der Waals surface area (Å²) in [5.74, 6) is 0. The molecule has 16 heavy (non-hydrogen) atoms.